The fraction of sp³-hybridized carbons (Fsp3) is 0.900. The van der Waals surface area contributed by atoms with Crippen LogP contribution in [-0.2, 0) is 9.47 Å². The molecule has 1 amide bonds. The van der Waals surface area contributed by atoms with Crippen molar-refractivity contribution in [2.75, 3.05) is 13.2 Å². The minimum absolute atomic E-state index is 0.201. The first kappa shape index (κ1) is 9.77. The molecule has 0 aromatic carbocycles. The molecule has 2 aliphatic rings. The molecule has 0 bridgehead atoms. The van der Waals surface area contributed by atoms with Gasteiger partial charge in [0.25, 0.3) is 0 Å². The Balaban J connectivity index is 1.91. The van der Waals surface area contributed by atoms with Gasteiger partial charge in [0, 0.05) is 6.54 Å². The third-order valence-electron chi connectivity index (χ3n) is 2.39. The number of carbonyl (C=O) groups excluding carboxylic acids is 1. The maximum absolute atomic E-state index is 11.7. The fourth-order valence-corrected chi connectivity index (χ4v) is 1.68. The van der Waals surface area contributed by atoms with Crippen LogP contribution in [0.1, 0.15) is 27.2 Å². The maximum atomic E-state index is 11.7. The van der Waals surface area contributed by atoms with Crippen LogP contribution in [0.3, 0.4) is 0 Å². The van der Waals surface area contributed by atoms with E-state index in [0.29, 0.717) is 13.2 Å². The molecule has 0 radical (unpaired) electrons. The molecule has 1 aliphatic heterocycles. The summed E-state index contributed by atoms with van der Waals surface area (Å²) in [5.41, 5.74) is -0.403. The van der Waals surface area contributed by atoms with Crippen LogP contribution in [0.15, 0.2) is 0 Å². The second kappa shape index (κ2) is 3.12. The molecule has 1 aliphatic carbocycles. The van der Waals surface area contributed by atoms with E-state index in [9.17, 15) is 4.79 Å². The van der Waals surface area contributed by atoms with Crippen molar-refractivity contribution in [3.8, 4) is 0 Å². The lowest BCUT2D eigenvalue weighted by Gasteiger charge is -2.29. The third kappa shape index (κ3) is 2.00. The Hall–Kier alpha value is -0.770. The normalized spacial score (nSPS) is 30.9. The average molecular weight is 199 g/mol. The van der Waals surface area contributed by atoms with Crippen molar-refractivity contribution in [3.05, 3.63) is 0 Å². The molecule has 1 heterocycles. The van der Waals surface area contributed by atoms with Crippen molar-refractivity contribution in [1.82, 2.24) is 4.90 Å². The van der Waals surface area contributed by atoms with Gasteiger partial charge in [0.05, 0.1) is 18.8 Å². The average Bonchev–Trinajstić information content (AvgIpc) is 2.77. The summed E-state index contributed by atoms with van der Waals surface area (Å²) in [7, 11) is 0. The van der Waals surface area contributed by atoms with E-state index in [-0.39, 0.29) is 18.2 Å². The van der Waals surface area contributed by atoms with E-state index in [4.69, 9.17) is 9.47 Å². The fourth-order valence-electron chi connectivity index (χ4n) is 1.68. The van der Waals surface area contributed by atoms with Crippen LogP contribution >= 0.6 is 0 Å². The highest BCUT2D eigenvalue weighted by Crippen LogP contribution is 2.35. The molecule has 4 heteroatoms. The molecule has 0 aromatic heterocycles. The second-order valence-electron chi connectivity index (χ2n) is 4.89. The monoisotopic (exact) mass is 199 g/mol. The van der Waals surface area contributed by atoms with Crippen LogP contribution in [0, 0.1) is 0 Å². The molecule has 2 fully saturated rings. The molecule has 0 aromatic rings. The Morgan fingerprint density at radius 1 is 1.50 bits per heavy atom. The van der Waals surface area contributed by atoms with Crippen LogP contribution in [0.4, 0.5) is 4.79 Å². The van der Waals surface area contributed by atoms with E-state index < -0.39 is 5.60 Å². The number of carbonyl (C=O) groups is 1. The standard InChI is InChI=1S/C10H17NO3/c1-10(2,3)14-9(12)11-4-5-13-8-6-7(8)11/h7-8H,4-6H2,1-3H3. The van der Waals surface area contributed by atoms with Crippen LogP contribution in [-0.4, -0.2) is 41.9 Å². The SMILES string of the molecule is CC(C)(C)OC(=O)N1CCOC2CC21. The van der Waals surface area contributed by atoms with Gasteiger partial charge < -0.3 is 14.4 Å². The lowest BCUT2D eigenvalue weighted by molar-refractivity contribution is -0.00879. The summed E-state index contributed by atoms with van der Waals surface area (Å²) in [5.74, 6) is 0. The van der Waals surface area contributed by atoms with Crippen LogP contribution in [0.5, 0.6) is 0 Å². The van der Waals surface area contributed by atoms with Crippen LogP contribution in [0.25, 0.3) is 0 Å². The van der Waals surface area contributed by atoms with Gasteiger partial charge in [-0.2, -0.15) is 0 Å². The van der Waals surface area contributed by atoms with Gasteiger partial charge in [0.1, 0.15) is 5.60 Å². The molecular formula is C10H17NO3. The van der Waals surface area contributed by atoms with E-state index in [0.717, 1.165) is 6.42 Å². The van der Waals surface area contributed by atoms with Crippen molar-refractivity contribution in [2.24, 2.45) is 0 Å². The predicted molar refractivity (Wildman–Crippen MR) is 51.1 cm³/mol. The number of hydrogen-bond donors (Lipinski definition) is 0. The lowest BCUT2D eigenvalue weighted by atomic mass is 10.2. The molecular weight excluding hydrogens is 182 g/mol. The third-order valence-corrected chi connectivity index (χ3v) is 2.39. The smallest absolute Gasteiger partial charge is 0.410 e. The molecule has 2 unspecified atom stereocenters. The van der Waals surface area contributed by atoms with E-state index in [1.807, 2.05) is 20.8 Å². The summed E-state index contributed by atoms with van der Waals surface area (Å²) in [6.07, 6.45) is 1.05. The van der Waals surface area contributed by atoms with E-state index in [2.05, 4.69) is 0 Å². The highest BCUT2D eigenvalue weighted by atomic mass is 16.6. The summed E-state index contributed by atoms with van der Waals surface area (Å²) in [4.78, 5) is 13.5. The van der Waals surface area contributed by atoms with Crippen LogP contribution in [0.2, 0.25) is 0 Å². The Bertz CT molecular complexity index is 246. The van der Waals surface area contributed by atoms with Crippen molar-refractivity contribution in [1.29, 1.82) is 0 Å². The Labute approximate surface area is 84.2 Å². The molecule has 2 rings (SSSR count). The first-order valence-corrected chi connectivity index (χ1v) is 5.08. The van der Waals surface area contributed by atoms with Gasteiger partial charge in [-0.25, -0.2) is 4.79 Å². The highest BCUT2D eigenvalue weighted by Gasteiger charge is 2.48. The van der Waals surface area contributed by atoms with Gasteiger partial charge in [-0.3, -0.25) is 0 Å². The number of ether oxygens (including phenoxy) is 2. The van der Waals surface area contributed by atoms with Crippen molar-refractivity contribution in [2.45, 2.75) is 44.9 Å². The molecule has 0 spiro atoms. The van der Waals surface area contributed by atoms with Gasteiger partial charge in [-0.05, 0) is 27.2 Å². The summed E-state index contributed by atoms with van der Waals surface area (Å²) >= 11 is 0. The van der Waals surface area contributed by atoms with Crippen molar-refractivity contribution >= 4 is 6.09 Å². The lowest BCUT2D eigenvalue weighted by Crippen LogP contribution is -2.44. The van der Waals surface area contributed by atoms with E-state index in [1.54, 1.807) is 4.90 Å². The highest BCUT2D eigenvalue weighted by molar-refractivity contribution is 5.69. The number of hydrogen-bond acceptors (Lipinski definition) is 3. The van der Waals surface area contributed by atoms with Gasteiger partial charge in [0.2, 0.25) is 0 Å². The molecule has 80 valence electrons. The number of fused-ring (bicyclic) bond motifs is 1. The number of amides is 1. The molecule has 1 saturated heterocycles. The zero-order valence-corrected chi connectivity index (χ0v) is 8.95. The van der Waals surface area contributed by atoms with Crippen molar-refractivity contribution in [3.63, 3.8) is 0 Å². The molecule has 1 saturated carbocycles. The van der Waals surface area contributed by atoms with Gasteiger partial charge in [-0.1, -0.05) is 0 Å². The summed E-state index contributed by atoms with van der Waals surface area (Å²) in [6.45, 7) is 6.96. The van der Waals surface area contributed by atoms with Gasteiger partial charge in [0.15, 0.2) is 0 Å². The first-order chi connectivity index (χ1) is 6.47. The van der Waals surface area contributed by atoms with Gasteiger partial charge in [-0.15, -0.1) is 0 Å². The summed E-state index contributed by atoms with van der Waals surface area (Å²) in [6, 6.07) is 0.276. The Kier molecular flexibility index (Phi) is 2.18. The molecule has 4 nitrogen and oxygen atoms in total. The maximum Gasteiger partial charge on any atom is 0.410 e. The van der Waals surface area contributed by atoms with E-state index in [1.165, 1.54) is 0 Å². The molecule has 0 N–H and O–H groups in total. The zero-order valence-electron chi connectivity index (χ0n) is 8.95. The van der Waals surface area contributed by atoms with Crippen LogP contribution < -0.4 is 0 Å². The first-order valence-electron chi connectivity index (χ1n) is 5.08. The minimum Gasteiger partial charge on any atom is -0.444 e. The number of rotatable bonds is 0. The predicted octanol–water partition coefficient (Wildman–Crippen LogP) is 1.39. The minimum atomic E-state index is -0.403. The summed E-state index contributed by atoms with van der Waals surface area (Å²) < 4.78 is 10.7. The van der Waals surface area contributed by atoms with Gasteiger partial charge >= 0.3 is 6.09 Å². The zero-order chi connectivity index (χ0) is 10.3. The topological polar surface area (TPSA) is 38.8 Å². The molecule has 14 heavy (non-hydrogen) atoms. The second-order valence-corrected chi connectivity index (χ2v) is 4.89. The number of morpholine rings is 1. The van der Waals surface area contributed by atoms with Crippen molar-refractivity contribution < 1.29 is 14.3 Å². The Morgan fingerprint density at radius 3 is 2.86 bits per heavy atom. The Morgan fingerprint density at radius 2 is 2.21 bits per heavy atom. The number of nitrogens with zero attached hydrogens (tertiary/aromatic N) is 1. The van der Waals surface area contributed by atoms with E-state index >= 15 is 0 Å². The summed E-state index contributed by atoms with van der Waals surface area (Å²) in [5, 5.41) is 0. The molecule has 2 atom stereocenters. The largest absolute Gasteiger partial charge is 0.444 e. The quantitative estimate of drug-likeness (QED) is 0.592.